The molecule has 0 unspecified atom stereocenters. The summed E-state index contributed by atoms with van der Waals surface area (Å²) in [6, 6.07) is 14.4. The molecule has 134 valence electrons. The smallest absolute Gasteiger partial charge is 0.308 e. The molecular weight excluding hydrogens is 430 g/mol. The number of fused-ring (bicyclic) bond motifs is 1. The number of carbonyl (C=O) groups excluding carboxylic acids is 2. The van der Waals surface area contributed by atoms with Crippen LogP contribution >= 0.6 is 27.3 Å². The van der Waals surface area contributed by atoms with E-state index in [1.54, 1.807) is 24.3 Å². The first-order valence-corrected chi connectivity index (χ1v) is 9.65. The molecule has 0 saturated carbocycles. The number of benzene rings is 2. The van der Waals surface area contributed by atoms with Crippen molar-refractivity contribution in [3.8, 4) is 17.0 Å². The summed E-state index contributed by atoms with van der Waals surface area (Å²) in [7, 11) is 0. The third-order valence-corrected chi connectivity index (χ3v) is 5.19. The van der Waals surface area contributed by atoms with Crippen LogP contribution in [0, 0.1) is 0 Å². The Hall–Kier alpha value is -2.77. The van der Waals surface area contributed by atoms with Gasteiger partial charge in [0.05, 0.1) is 5.69 Å². The fourth-order valence-corrected chi connectivity index (χ4v) is 3.62. The van der Waals surface area contributed by atoms with Crippen molar-refractivity contribution in [1.29, 1.82) is 0 Å². The van der Waals surface area contributed by atoms with E-state index < -0.39 is 5.97 Å². The molecule has 0 radical (unpaired) electrons. The minimum Gasteiger partial charge on any atom is -0.452 e. The van der Waals surface area contributed by atoms with Crippen molar-refractivity contribution in [3.05, 3.63) is 69.2 Å². The average molecular weight is 442 g/mol. The Labute approximate surface area is 166 Å². The maximum Gasteiger partial charge on any atom is 0.308 e. The maximum atomic E-state index is 12.7. The second kappa shape index (κ2) is 7.09. The lowest BCUT2D eigenvalue weighted by Crippen LogP contribution is -2.00. The molecule has 0 aliphatic heterocycles. The molecule has 0 bridgehead atoms. The Morgan fingerprint density at radius 1 is 1.11 bits per heavy atom. The van der Waals surface area contributed by atoms with Crippen LogP contribution in [0.2, 0.25) is 0 Å². The topological polar surface area (TPSA) is 69.4 Å². The minimum absolute atomic E-state index is 0.196. The number of halogens is 1. The van der Waals surface area contributed by atoms with Gasteiger partial charge in [-0.1, -0.05) is 28.1 Å². The molecule has 4 rings (SSSR count). The van der Waals surface area contributed by atoms with E-state index in [1.165, 1.54) is 18.3 Å². The molecule has 0 fully saturated rings. The zero-order valence-electron chi connectivity index (χ0n) is 14.1. The van der Waals surface area contributed by atoms with E-state index in [4.69, 9.17) is 9.15 Å². The first-order chi connectivity index (χ1) is 13.0. The van der Waals surface area contributed by atoms with E-state index in [1.807, 2.05) is 29.6 Å². The van der Waals surface area contributed by atoms with Crippen molar-refractivity contribution >= 4 is 50.0 Å². The lowest BCUT2D eigenvalue weighted by Gasteiger charge is -1.99. The normalized spacial score (nSPS) is 10.9. The first kappa shape index (κ1) is 17.6. The van der Waals surface area contributed by atoms with E-state index in [0.717, 1.165) is 21.1 Å². The van der Waals surface area contributed by atoms with Gasteiger partial charge >= 0.3 is 5.97 Å². The molecule has 5 nitrogen and oxygen atoms in total. The second-order valence-electron chi connectivity index (χ2n) is 5.78. The number of hydrogen-bond acceptors (Lipinski definition) is 6. The first-order valence-electron chi connectivity index (χ1n) is 7.98. The van der Waals surface area contributed by atoms with Crippen molar-refractivity contribution < 1.29 is 18.7 Å². The molecular formula is C20H12BrNO4S. The van der Waals surface area contributed by atoms with Crippen LogP contribution in [0.4, 0.5) is 0 Å². The van der Waals surface area contributed by atoms with Crippen LogP contribution in [0.15, 0.2) is 62.8 Å². The molecule has 0 aliphatic carbocycles. The predicted molar refractivity (Wildman–Crippen MR) is 106 cm³/mol. The average Bonchev–Trinajstić information content (AvgIpc) is 3.28. The quantitative estimate of drug-likeness (QED) is 0.238. The summed E-state index contributed by atoms with van der Waals surface area (Å²) in [5.41, 5.74) is 2.15. The summed E-state index contributed by atoms with van der Waals surface area (Å²) >= 11 is 4.67. The highest BCUT2D eigenvalue weighted by Gasteiger charge is 2.19. The monoisotopic (exact) mass is 441 g/mol. The minimum atomic E-state index is -0.416. The number of carbonyl (C=O) groups is 2. The number of nitrogens with zero attached hydrogens (tertiary/aromatic N) is 1. The highest BCUT2D eigenvalue weighted by molar-refractivity contribution is 9.10. The molecule has 27 heavy (non-hydrogen) atoms. The highest BCUT2D eigenvalue weighted by Crippen LogP contribution is 2.28. The van der Waals surface area contributed by atoms with Gasteiger partial charge in [0, 0.05) is 33.8 Å². The summed E-state index contributed by atoms with van der Waals surface area (Å²) in [5.74, 6) is -0.133. The maximum absolute atomic E-state index is 12.7. The standard InChI is InChI=1S/C20H12BrNO4S/c1-11(23)25-15-7-4-13-8-18(26-17(13)9-15)19(24)20-22-16(10-27-20)12-2-5-14(21)6-3-12/h2-10H,1H3. The molecule has 4 aromatic rings. The Balaban J connectivity index is 1.62. The van der Waals surface area contributed by atoms with Gasteiger partial charge < -0.3 is 9.15 Å². The zero-order valence-corrected chi connectivity index (χ0v) is 16.5. The van der Waals surface area contributed by atoms with Gasteiger partial charge in [-0.2, -0.15) is 0 Å². The summed E-state index contributed by atoms with van der Waals surface area (Å²) in [6.07, 6.45) is 0. The Bertz CT molecular complexity index is 1160. The van der Waals surface area contributed by atoms with Gasteiger partial charge in [-0.05, 0) is 30.3 Å². The summed E-state index contributed by atoms with van der Waals surface area (Å²) in [4.78, 5) is 28.2. The van der Waals surface area contributed by atoms with Gasteiger partial charge in [-0.3, -0.25) is 9.59 Å². The van der Waals surface area contributed by atoms with Crippen molar-refractivity contribution in [2.45, 2.75) is 6.92 Å². The molecule has 0 spiro atoms. The van der Waals surface area contributed by atoms with Crippen LogP contribution in [0.25, 0.3) is 22.2 Å². The molecule has 0 aliphatic rings. The fraction of sp³-hybridized carbons (Fsp3) is 0.0500. The van der Waals surface area contributed by atoms with Gasteiger partial charge in [0.1, 0.15) is 11.3 Å². The number of thiazole rings is 1. The number of rotatable bonds is 4. The largest absolute Gasteiger partial charge is 0.452 e. The van der Waals surface area contributed by atoms with E-state index in [-0.39, 0.29) is 11.5 Å². The van der Waals surface area contributed by atoms with Crippen molar-refractivity contribution in [2.75, 3.05) is 0 Å². The van der Waals surface area contributed by atoms with Crippen LogP contribution in [-0.2, 0) is 4.79 Å². The Morgan fingerprint density at radius 2 is 1.89 bits per heavy atom. The van der Waals surface area contributed by atoms with E-state index in [0.29, 0.717) is 16.3 Å². The van der Waals surface area contributed by atoms with E-state index in [2.05, 4.69) is 20.9 Å². The predicted octanol–water partition coefficient (Wildman–Crippen LogP) is 5.48. The number of esters is 1. The zero-order chi connectivity index (χ0) is 19.0. The van der Waals surface area contributed by atoms with Crippen molar-refractivity contribution in [1.82, 2.24) is 4.98 Å². The third-order valence-electron chi connectivity index (χ3n) is 3.82. The molecule has 2 aromatic carbocycles. The number of hydrogen-bond donors (Lipinski definition) is 0. The van der Waals surface area contributed by atoms with Crippen LogP contribution in [-0.4, -0.2) is 16.7 Å². The Morgan fingerprint density at radius 3 is 2.63 bits per heavy atom. The fourth-order valence-electron chi connectivity index (χ4n) is 2.59. The van der Waals surface area contributed by atoms with Gasteiger partial charge in [-0.25, -0.2) is 4.98 Å². The van der Waals surface area contributed by atoms with Gasteiger partial charge in [0.25, 0.3) is 5.78 Å². The van der Waals surface area contributed by atoms with Gasteiger partial charge in [0.15, 0.2) is 10.8 Å². The summed E-state index contributed by atoms with van der Waals surface area (Å²) in [5, 5.41) is 2.95. The lowest BCUT2D eigenvalue weighted by molar-refractivity contribution is -0.131. The lowest BCUT2D eigenvalue weighted by atomic mass is 10.2. The van der Waals surface area contributed by atoms with Gasteiger partial charge in [-0.15, -0.1) is 11.3 Å². The van der Waals surface area contributed by atoms with Gasteiger partial charge in [0.2, 0.25) is 0 Å². The molecule has 2 heterocycles. The van der Waals surface area contributed by atoms with Crippen LogP contribution in [0.3, 0.4) is 0 Å². The number of ether oxygens (including phenoxy) is 1. The Kier molecular flexibility index (Phi) is 4.63. The molecule has 0 saturated heterocycles. The molecule has 7 heteroatoms. The second-order valence-corrected chi connectivity index (χ2v) is 7.55. The number of ketones is 1. The van der Waals surface area contributed by atoms with Crippen molar-refractivity contribution in [2.24, 2.45) is 0 Å². The van der Waals surface area contributed by atoms with E-state index >= 15 is 0 Å². The van der Waals surface area contributed by atoms with E-state index in [9.17, 15) is 9.59 Å². The summed E-state index contributed by atoms with van der Waals surface area (Å²) in [6.45, 7) is 1.33. The molecule has 0 N–H and O–H groups in total. The third kappa shape index (κ3) is 3.70. The van der Waals surface area contributed by atoms with Crippen molar-refractivity contribution in [3.63, 3.8) is 0 Å². The highest BCUT2D eigenvalue weighted by atomic mass is 79.9. The van der Waals surface area contributed by atoms with Crippen LogP contribution in [0.5, 0.6) is 5.75 Å². The molecule has 2 aromatic heterocycles. The SMILES string of the molecule is CC(=O)Oc1ccc2cc(C(=O)c3nc(-c4ccc(Br)cc4)cs3)oc2c1. The number of aromatic nitrogens is 1. The molecule has 0 atom stereocenters. The van der Waals surface area contributed by atoms with Crippen LogP contribution in [0.1, 0.15) is 22.5 Å². The van der Waals surface area contributed by atoms with Crippen LogP contribution < -0.4 is 4.74 Å². The summed E-state index contributed by atoms with van der Waals surface area (Å²) < 4.78 is 11.7. The molecule has 0 amide bonds. The number of furan rings is 1.